The summed E-state index contributed by atoms with van der Waals surface area (Å²) in [6.45, 7) is 4.59. The van der Waals surface area contributed by atoms with Crippen LogP contribution in [0.1, 0.15) is 32.3 Å². The van der Waals surface area contributed by atoms with Crippen LogP contribution in [0.25, 0.3) is 10.9 Å². The molecule has 0 aliphatic carbocycles. The second-order valence-corrected chi connectivity index (χ2v) is 4.41. The number of aromatic nitrogens is 1. The molecule has 1 heteroatoms. The first-order valence-corrected chi connectivity index (χ1v) is 5.86. The van der Waals surface area contributed by atoms with Gasteiger partial charge in [0.2, 0.25) is 0 Å². The number of hydrogen-bond donors (Lipinski definition) is 1. The van der Waals surface area contributed by atoms with E-state index in [1.54, 1.807) is 0 Å². The van der Waals surface area contributed by atoms with Gasteiger partial charge in [-0.1, -0.05) is 38.5 Å². The third-order valence-corrected chi connectivity index (χ3v) is 3.28. The van der Waals surface area contributed by atoms with Gasteiger partial charge in [-0.15, -0.1) is 0 Å². The van der Waals surface area contributed by atoms with Crippen molar-refractivity contribution >= 4 is 10.9 Å². The van der Waals surface area contributed by atoms with Gasteiger partial charge in [-0.2, -0.15) is 0 Å². The molecule has 1 unspecified atom stereocenters. The first-order valence-electron chi connectivity index (χ1n) is 5.86. The Balaban J connectivity index is 2.14. The number of fused-ring (bicyclic) bond motifs is 1. The molecule has 0 saturated heterocycles. The molecule has 0 aliphatic rings. The van der Waals surface area contributed by atoms with E-state index in [2.05, 4.69) is 49.3 Å². The smallest absolute Gasteiger partial charge is 0.0456 e. The highest BCUT2D eigenvalue weighted by molar-refractivity contribution is 5.82. The summed E-state index contributed by atoms with van der Waals surface area (Å²) in [4.78, 5) is 3.33. The van der Waals surface area contributed by atoms with Crippen molar-refractivity contribution in [3.05, 3.63) is 36.0 Å². The van der Waals surface area contributed by atoms with E-state index in [1.807, 2.05) is 0 Å². The number of hydrogen-bond acceptors (Lipinski definition) is 0. The largest absolute Gasteiger partial charge is 0.361 e. The maximum absolute atomic E-state index is 3.33. The third-order valence-electron chi connectivity index (χ3n) is 3.28. The van der Waals surface area contributed by atoms with Crippen molar-refractivity contribution in [1.82, 2.24) is 4.98 Å². The van der Waals surface area contributed by atoms with Gasteiger partial charge < -0.3 is 4.98 Å². The highest BCUT2D eigenvalue weighted by Gasteiger charge is 2.04. The Kier molecular flexibility index (Phi) is 3.10. The molecule has 1 nitrogen and oxygen atoms in total. The molecule has 0 spiro atoms. The molecule has 0 aliphatic heterocycles. The molecule has 0 fully saturated rings. The zero-order valence-electron chi connectivity index (χ0n) is 9.59. The molecule has 1 atom stereocenters. The molecule has 1 N–H and O–H groups in total. The lowest BCUT2D eigenvalue weighted by atomic mass is 9.99. The molecule has 1 aromatic heterocycles. The molecular formula is C14H19N. The van der Waals surface area contributed by atoms with Crippen molar-refractivity contribution in [2.75, 3.05) is 0 Å². The summed E-state index contributed by atoms with van der Waals surface area (Å²) in [6.07, 6.45) is 5.92. The topological polar surface area (TPSA) is 15.8 Å². The van der Waals surface area contributed by atoms with Gasteiger partial charge in [0.05, 0.1) is 0 Å². The molecular weight excluding hydrogens is 182 g/mol. The Morgan fingerprint density at radius 1 is 1.27 bits per heavy atom. The van der Waals surface area contributed by atoms with Gasteiger partial charge in [-0.05, 0) is 30.4 Å². The molecule has 1 aromatic carbocycles. The standard InChI is InChI=1S/C14H19N/c1-3-11(2)8-9-12-10-15-14-7-5-4-6-13(12)14/h4-7,10-11,15H,3,8-9H2,1-2H3. The molecule has 0 radical (unpaired) electrons. The fourth-order valence-corrected chi connectivity index (χ4v) is 1.94. The van der Waals surface area contributed by atoms with E-state index in [1.165, 1.54) is 35.7 Å². The monoisotopic (exact) mass is 201 g/mol. The van der Waals surface area contributed by atoms with Gasteiger partial charge >= 0.3 is 0 Å². The van der Waals surface area contributed by atoms with Gasteiger partial charge in [-0.25, -0.2) is 0 Å². The minimum atomic E-state index is 0.832. The van der Waals surface area contributed by atoms with Crippen LogP contribution in [-0.2, 0) is 6.42 Å². The molecule has 2 aromatic rings. The van der Waals surface area contributed by atoms with Crippen LogP contribution in [0.2, 0.25) is 0 Å². The number of aryl methyl sites for hydroxylation is 1. The van der Waals surface area contributed by atoms with Crippen LogP contribution in [-0.4, -0.2) is 4.98 Å². The van der Waals surface area contributed by atoms with Crippen LogP contribution in [0.15, 0.2) is 30.5 Å². The van der Waals surface area contributed by atoms with Crippen LogP contribution >= 0.6 is 0 Å². The molecule has 0 saturated carbocycles. The number of rotatable bonds is 4. The summed E-state index contributed by atoms with van der Waals surface area (Å²) < 4.78 is 0. The lowest BCUT2D eigenvalue weighted by Crippen LogP contribution is -1.94. The lowest BCUT2D eigenvalue weighted by Gasteiger charge is -2.06. The van der Waals surface area contributed by atoms with Gasteiger partial charge in [0.1, 0.15) is 0 Å². The summed E-state index contributed by atoms with van der Waals surface area (Å²) in [5.74, 6) is 0.832. The first kappa shape index (κ1) is 10.3. The van der Waals surface area contributed by atoms with Crippen molar-refractivity contribution in [3.63, 3.8) is 0 Å². The van der Waals surface area contributed by atoms with Crippen LogP contribution in [0.3, 0.4) is 0 Å². The summed E-state index contributed by atoms with van der Waals surface area (Å²) >= 11 is 0. The number of nitrogens with one attached hydrogen (secondary N) is 1. The normalized spacial score (nSPS) is 13.2. The third kappa shape index (κ3) is 2.23. The van der Waals surface area contributed by atoms with Crippen molar-refractivity contribution in [1.29, 1.82) is 0 Å². The Hall–Kier alpha value is -1.24. The minimum absolute atomic E-state index is 0.832. The van der Waals surface area contributed by atoms with Gasteiger partial charge in [0.15, 0.2) is 0 Å². The van der Waals surface area contributed by atoms with Crippen LogP contribution in [0.4, 0.5) is 0 Å². The second-order valence-electron chi connectivity index (χ2n) is 4.41. The molecule has 2 rings (SSSR count). The average Bonchev–Trinajstić information content (AvgIpc) is 2.69. The van der Waals surface area contributed by atoms with Crippen LogP contribution in [0, 0.1) is 5.92 Å². The number of aromatic amines is 1. The van der Waals surface area contributed by atoms with E-state index in [-0.39, 0.29) is 0 Å². The fraction of sp³-hybridized carbons (Fsp3) is 0.429. The number of benzene rings is 1. The first-order chi connectivity index (χ1) is 7.31. The van der Waals surface area contributed by atoms with E-state index in [4.69, 9.17) is 0 Å². The van der Waals surface area contributed by atoms with Gasteiger partial charge in [-0.3, -0.25) is 0 Å². The minimum Gasteiger partial charge on any atom is -0.361 e. The highest BCUT2D eigenvalue weighted by atomic mass is 14.7. The highest BCUT2D eigenvalue weighted by Crippen LogP contribution is 2.21. The number of para-hydroxylation sites is 1. The van der Waals surface area contributed by atoms with E-state index < -0.39 is 0 Å². The molecule has 80 valence electrons. The lowest BCUT2D eigenvalue weighted by molar-refractivity contribution is 0.517. The molecule has 15 heavy (non-hydrogen) atoms. The second kappa shape index (κ2) is 4.52. The zero-order chi connectivity index (χ0) is 10.7. The van der Waals surface area contributed by atoms with Crippen molar-refractivity contribution in [2.45, 2.75) is 33.1 Å². The Labute approximate surface area is 91.5 Å². The average molecular weight is 201 g/mol. The zero-order valence-corrected chi connectivity index (χ0v) is 9.59. The van der Waals surface area contributed by atoms with Crippen molar-refractivity contribution in [2.24, 2.45) is 5.92 Å². The molecule has 0 amide bonds. The van der Waals surface area contributed by atoms with E-state index in [9.17, 15) is 0 Å². The SMILES string of the molecule is CCC(C)CCc1c[nH]c2ccccc12. The predicted molar refractivity (Wildman–Crippen MR) is 66.1 cm³/mol. The quantitative estimate of drug-likeness (QED) is 0.765. The van der Waals surface area contributed by atoms with Crippen molar-refractivity contribution in [3.8, 4) is 0 Å². The van der Waals surface area contributed by atoms with E-state index in [0.717, 1.165) is 5.92 Å². The maximum atomic E-state index is 3.33. The van der Waals surface area contributed by atoms with Crippen LogP contribution < -0.4 is 0 Å². The maximum Gasteiger partial charge on any atom is 0.0456 e. The molecule has 1 heterocycles. The van der Waals surface area contributed by atoms with Gasteiger partial charge in [0, 0.05) is 17.1 Å². The fourth-order valence-electron chi connectivity index (χ4n) is 1.94. The van der Waals surface area contributed by atoms with Crippen molar-refractivity contribution < 1.29 is 0 Å². The van der Waals surface area contributed by atoms with Crippen LogP contribution in [0.5, 0.6) is 0 Å². The summed E-state index contributed by atoms with van der Waals surface area (Å²) in [5.41, 5.74) is 2.72. The summed E-state index contributed by atoms with van der Waals surface area (Å²) in [7, 11) is 0. The Bertz CT molecular complexity index is 428. The Morgan fingerprint density at radius 3 is 2.87 bits per heavy atom. The van der Waals surface area contributed by atoms with E-state index >= 15 is 0 Å². The van der Waals surface area contributed by atoms with Gasteiger partial charge in [0.25, 0.3) is 0 Å². The molecule has 0 bridgehead atoms. The Morgan fingerprint density at radius 2 is 2.07 bits per heavy atom. The van der Waals surface area contributed by atoms with E-state index in [0.29, 0.717) is 0 Å². The predicted octanol–water partition coefficient (Wildman–Crippen LogP) is 4.15. The number of H-pyrrole nitrogens is 1. The summed E-state index contributed by atoms with van der Waals surface area (Å²) in [5, 5.41) is 1.39. The summed E-state index contributed by atoms with van der Waals surface area (Å²) in [6, 6.07) is 8.54.